The minimum absolute atomic E-state index is 0.958. The molecule has 0 rings (SSSR count). The van der Waals surface area contributed by atoms with E-state index in [1.165, 1.54) is 0 Å². The first-order chi connectivity index (χ1) is 4.22. The highest BCUT2D eigenvalue weighted by molar-refractivity contribution is 5.10. The van der Waals surface area contributed by atoms with Gasteiger partial charge in [0, 0.05) is 19.8 Å². The van der Waals surface area contributed by atoms with E-state index in [2.05, 4.69) is 12.0 Å². The molecule has 0 aliphatic rings. The van der Waals surface area contributed by atoms with E-state index in [4.69, 9.17) is 0 Å². The van der Waals surface area contributed by atoms with Crippen LogP contribution in [0.2, 0.25) is 0 Å². The standard InChI is InChI=1S/C7H14N2/c1-5-6-7(2)9(4)8-3/h5-6,8H,2H2,1,3-4H3/b6-5-. The Kier molecular flexibility index (Phi) is 3.80. The van der Waals surface area contributed by atoms with Crippen molar-refractivity contribution in [3.05, 3.63) is 24.4 Å². The third-order valence-corrected chi connectivity index (χ3v) is 1.13. The van der Waals surface area contributed by atoms with E-state index in [9.17, 15) is 0 Å². The molecule has 1 N–H and O–H groups in total. The zero-order chi connectivity index (χ0) is 7.28. The van der Waals surface area contributed by atoms with Gasteiger partial charge in [0.1, 0.15) is 0 Å². The lowest BCUT2D eigenvalue weighted by Gasteiger charge is -2.16. The molecule has 0 aliphatic carbocycles. The van der Waals surface area contributed by atoms with Gasteiger partial charge in [-0.1, -0.05) is 12.7 Å². The van der Waals surface area contributed by atoms with Crippen LogP contribution in [-0.4, -0.2) is 19.1 Å². The molecular weight excluding hydrogens is 112 g/mol. The molecule has 0 saturated carbocycles. The van der Waals surface area contributed by atoms with E-state index in [0.717, 1.165) is 5.70 Å². The van der Waals surface area contributed by atoms with Crippen molar-refractivity contribution in [2.45, 2.75) is 6.92 Å². The number of rotatable bonds is 3. The molecule has 52 valence electrons. The highest BCUT2D eigenvalue weighted by atomic mass is 15.5. The van der Waals surface area contributed by atoms with Crippen LogP contribution in [0.4, 0.5) is 0 Å². The van der Waals surface area contributed by atoms with E-state index in [1.807, 2.05) is 38.2 Å². The van der Waals surface area contributed by atoms with Crippen molar-refractivity contribution in [1.29, 1.82) is 0 Å². The molecule has 0 saturated heterocycles. The summed E-state index contributed by atoms with van der Waals surface area (Å²) in [6, 6.07) is 0. The summed E-state index contributed by atoms with van der Waals surface area (Å²) < 4.78 is 0. The highest BCUT2D eigenvalue weighted by Crippen LogP contribution is 1.93. The van der Waals surface area contributed by atoms with Crippen LogP contribution in [0.1, 0.15) is 6.92 Å². The Balaban J connectivity index is 3.73. The summed E-state index contributed by atoms with van der Waals surface area (Å²) in [6.07, 6.45) is 3.90. The van der Waals surface area contributed by atoms with Crippen molar-refractivity contribution in [2.75, 3.05) is 14.1 Å². The predicted octanol–water partition coefficient (Wildman–Crippen LogP) is 1.14. The fourth-order valence-corrected chi connectivity index (χ4v) is 0.448. The maximum atomic E-state index is 3.79. The summed E-state index contributed by atoms with van der Waals surface area (Å²) in [5, 5.41) is 1.85. The summed E-state index contributed by atoms with van der Waals surface area (Å²) in [6.45, 7) is 5.76. The van der Waals surface area contributed by atoms with Gasteiger partial charge in [-0.05, 0) is 13.0 Å². The first kappa shape index (κ1) is 8.24. The van der Waals surface area contributed by atoms with E-state index in [-0.39, 0.29) is 0 Å². The van der Waals surface area contributed by atoms with Gasteiger partial charge in [0.25, 0.3) is 0 Å². The Morgan fingerprint density at radius 1 is 1.67 bits per heavy atom. The lowest BCUT2D eigenvalue weighted by Crippen LogP contribution is -2.28. The number of nitrogens with one attached hydrogen (secondary N) is 1. The van der Waals surface area contributed by atoms with Crippen molar-refractivity contribution in [3.63, 3.8) is 0 Å². The van der Waals surface area contributed by atoms with Crippen molar-refractivity contribution < 1.29 is 0 Å². The zero-order valence-electron chi connectivity index (χ0n) is 6.31. The van der Waals surface area contributed by atoms with Crippen LogP contribution in [0.3, 0.4) is 0 Å². The average molecular weight is 126 g/mol. The summed E-state index contributed by atoms with van der Waals surface area (Å²) >= 11 is 0. The maximum Gasteiger partial charge on any atom is 0.0441 e. The number of hydrogen-bond donors (Lipinski definition) is 1. The van der Waals surface area contributed by atoms with Crippen LogP contribution >= 0.6 is 0 Å². The molecule has 2 nitrogen and oxygen atoms in total. The molecule has 0 aliphatic heterocycles. The molecule has 0 bridgehead atoms. The Morgan fingerprint density at radius 3 is 2.56 bits per heavy atom. The van der Waals surface area contributed by atoms with Gasteiger partial charge in [-0.3, -0.25) is 0 Å². The number of hydrogen-bond acceptors (Lipinski definition) is 2. The van der Waals surface area contributed by atoms with Crippen LogP contribution in [0.25, 0.3) is 0 Å². The molecule has 0 aromatic rings. The van der Waals surface area contributed by atoms with Crippen LogP contribution in [-0.2, 0) is 0 Å². The quantitative estimate of drug-likeness (QED) is 0.450. The first-order valence-electron chi connectivity index (χ1n) is 2.95. The summed E-state index contributed by atoms with van der Waals surface area (Å²) in [4.78, 5) is 0. The zero-order valence-corrected chi connectivity index (χ0v) is 6.31. The molecule has 0 spiro atoms. The van der Waals surface area contributed by atoms with E-state index in [1.54, 1.807) is 0 Å². The molecule has 0 unspecified atom stereocenters. The molecule has 2 heteroatoms. The van der Waals surface area contributed by atoms with Crippen LogP contribution in [0.5, 0.6) is 0 Å². The molecule has 0 radical (unpaired) electrons. The van der Waals surface area contributed by atoms with Crippen LogP contribution in [0.15, 0.2) is 24.4 Å². The Hall–Kier alpha value is -0.760. The molecule has 0 heterocycles. The third-order valence-electron chi connectivity index (χ3n) is 1.13. The lowest BCUT2D eigenvalue weighted by atomic mass is 10.4. The molecule has 0 aromatic carbocycles. The Morgan fingerprint density at radius 2 is 2.22 bits per heavy atom. The van der Waals surface area contributed by atoms with Crippen molar-refractivity contribution in [1.82, 2.24) is 10.4 Å². The van der Waals surface area contributed by atoms with Gasteiger partial charge in [-0.2, -0.15) is 0 Å². The van der Waals surface area contributed by atoms with Gasteiger partial charge in [0.2, 0.25) is 0 Å². The van der Waals surface area contributed by atoms with Crippen LogP contribution < -0.4 is 5.43 Å². The van der Waals surface area contributed by atoms with Crippen molar-refractivity contribution in [3.8, 4) is 0 Å². The van der Waals surface area contributed by atoms with Gasteiger partial charge in [0.15, 0.2) is 0 Å². The second-order valence-corrected chi connectivity index (χ2v) is 1.77. The largest absolute Gasteiger partial charge is 0.312 e. The third kappa shape index (κ3) is 2.93. The Labute approximate surface area is 56.8 Å². The van der Waals surface area contributed by atoms with Crippen molar-refractivity contribution >= 4 is 0 Å². The molecule has 0 fully saturated rings. The van der Waals surface area contributed by atoms with E-state index >= 15 is 0 Å². The number of likely N-dealkylation sites (N-methyl/N-ethyl adjacent to an activating group) is 1. The number of allylic oxidation sites excluding steroid dienone is 2. The summed E-state index contributed by atoms with van der Waals surface area (Å²) in [5.74, 6) is 0. The smallest absolute Gasteiger partial charge is 0.0441 e. The van der Waals surface area contributed by atoms with Gasteiger partial charge < -0.3 is 5.01 Å². The fraction of sp³-hybridized carbons (Fsp3) is 0.429. The minimum Gasteiger partial charge on any atom is -0.312 e. The predicted molar refractivity (Wildman–Crippen MR) is 40.8 cm³/mol. The topological polar surface area (TPSA) is 15.3 Å². The highest BCUT2D eigenvalue weighted by Gasteiger charge is 1.89. The fourth-order valence-electron chi connectivity index (χ4n) is 0.448. The number of hydrazine groups is 1. The summed E-state index contributed by atoms with van der Waals surface area (Å²) in [5.41, 5.74) is 3.89. The van der Waals surface area contributed by atoms with Gasteiger partial charge in [-0.15, -0.1) is 0 Å². The van der Waals surface area contributed by atoms with Gasteiger partial charge in [0.05, 0.1) is 0 Å². The monoisotopic (exact) mass is 126 g/mol. The van der Waals surface area contributed by atoms with Gasteiger partial charge in [-0.25, -0.2) is 5.43 Å². The molecule has 0 aromatic heterocycles. The second-order valence-electron chi connectivity index (χ2n) is 1.77. The van der Waals surface area contributed by atoms with Gasteiger partial charge >= 0.3 is 0 Å². The Bertz CT molecular complexity index is 116. The summed E-state index contributed by atoms with van der Waals surface area (Å²) in [7, 11) is 3.77. The molecule has 9 heavy (non-hydrogen) atoms. The SMILES string of the molecule is C=C(/C=C\C)N(C)NC. The maximum absolute atomic E-state index is 3.79. The molecule has 0 amide bonds. The van der Waals surface area contributed by atoms with Crippen LogP contribution in [0, 0.1) is 0 Å². The molecule has 0 atom stereocenters. The number of nitrogens with zero attached hydrogens (tertiary/aromatic N) is 1. The lowest BCUT2D eigenvalue weighted by molar-refractivity contribution is 0.344. The molecular formula is C7H14N2. The van der Waals surface area contributed by atoms with E-state index < -0.39 is 0 Å². The normalized spacial score (nSPS) is 10.1. The minimum atomic E-state index is 0.958. The van der Waals surface area contributed by atoms with E-state index in [0.29, 0.717) is 0 Å². The average Bonchev–Trinajstić information content (AvgIpc) is 1.87. The first-order valence-corrected chi connectivity index (χ1v) is 2.95. The van der Waals surface area contributed by atoms with Crippen molar-refractivity contribution in [2.24, 2.45) is 0 Å². The second kappa shape index (κ2) is 4.15.